The summed E-state index contributed by atoms with van der Waals surface area (Å²) in [6.45, 7) is 0. The van der Waals surface area contributed by atoms with Gasteiger partial charge in [0.25, 0.3) is 0 Å². The molecule has 0 aliphatic carbocycles. The summed E-state index contributed by atoms with van der Waals surface area (Å²) in [5.41, 5.74) is 2.03. The highest BCUT2D eigenvalue weighted by Gasteiger charge is 2.31. The van der Waals surface area contributed by atoms with Crippen LogP contribution in [-0.2, 0) is 12.6 Å². The minimum absolute atomic E-state index is 0.389. The van der Waals surface area contributed by atoms with Crippen LogP contribution < -0.4 is 0 Å². The lowest BCUT2D eigenvalue weighted by atomic mass is 10.0. The van der Waals surface area contributed by atoms with Crippen LogP contribution in [0.5, 0.6) is 0 Å². The summed E-state index contributed by atoms with van der Waals surface area (Å²) in [6, 6.07) is 11.9. The van der Waals surface area contributed by atoms with Crippen molar-refractivity contribution >= 4 is 22.7 Å². The van der Waals surface area contributed by atoms with Crippen molar-refractivity contribution in [3.05, 3.63) is 65.4 Å². The van der Waals surface area contributed by atoms with E-state index < -0.39 is 11.7 Å². The number of alkyl halides is 3. The van der Waals surface area contributed by atoms with Crippen molar-refractivity contribution in [2.24, 2.45) is 0 Å². The molecule has 1 aliphatic rings. The molecular formula is C17H10F3NS. The molecule has 0 radical (unpaired) electrons. The van der Waals surface area contributed by atoms with E-state index in [1.807, 2.05) is 18.2 Å². The van der Waals surface area contributed by atoms with Crippen LogP contribution in [0, 0.1) is 0 Å². The normalized spacial score (nSPS) is 13.8. The molecule has 1 aliphatic heterocycles. The third-order valence-electron chi connectivity index (χ3n) is 3.79. The number of aromatic nitrogens is 1. The van der Waals surface area contributed by atoms with Gasteiger partial charge in [-0.15, -0.1) is 0 Å². The molecule has 0 saturated heterocycles. The van der Waals surface area contributed by atoms with Gasteiger partial charge >= 0.3 is 6.18 Å². The van der Waals surface area contributed by atoms with E-state index >= 15 is 0 Å². The molecule has 0 saturated carbocycles. The smallest absolute Gasteiger partial charge is 0.256 e. The molecule has 2 heterocycles. The average molecular weight is 317 g/mol. The lowest BCUT2D eigenvalue weighted by Crippen LogP contribution is -2.06. The minimum Gasteiger partial charge on any atom is -0.256 e. The predicted octanol–water partition coefficient (Wildman–Crippen LogP) is 5.31. The monoisotopic (exact) mass is 317 g/mol. The molecule has 0 N–H and O–H groups in total. The molecule has 0 bridgehead atoms. The van der Waals surface area contributed by atoms with Gasteiger partial charge in [-0.25, -0.2) is 0 Å². The van der Waals surface area contributed by atoms with Crippen molar-refractivity contribution < 1.29 is 13.2 Å². The minimum atomic E-state index is -4.34. The van der Waals surface area contributed by atoms with Gasteiger partial charge < -0.3 is 0 Å². The zero-order valence-corrected chi connectivity index (χ0v) is 12.1. The molecule has 0 atom stereocenters. The topological polar surface area (TPSA) is 12.9 Å². The molecule has 0 spiro atoms. The van der Waals surface area contributed by atoms with Crippen LogP contribution in [-0.4, -0.2) is 4.98 Å². The van der Waals surface area contributed by atoms with Gasteiger partial charge in [0.1, 0.15) is 0 Å². The lowest BCUT2D eigenvalue weighted by molar-refractivity contribution is -0.137. The first-order chi connectivity index (χ1) is 10.5. The van der Waals surface area contributed by atoms with E-state index in [1.54, 1.807) is 18.0 Å². The van der Waals surface area contributed by atoms with Crippen LogP contribution in [0.4, 0.5) is 13.2 Å². The molecule has 5 heteroatoms. The fraction of sp³-hybridized carbons (Fsp3) is 0.118. The second-order valence-electron chi connectivity index (χ2n) is 5.23. The molecular weight excluding hydrogens is 307 g/mol. The van der Waals surface area contributed by atoms with Gasteiger partial charge in [-0.3, -0.25) is 4.98 Å². The number of pyridine rings is 1. The summed E-state index contributed by atoms with van der Waals surface area (Å²) in [7, 11) is 0. The van der Waals surface area contributed by atoms with Crippen LogP contribution in [0.3, 0.4) is 0 Å². The van der Waals surface area contributed by atoms with Crippen LogP contribution in [0.1, 0.15) is 16.7 Å². The Kier molecular flexibility index (Phi) is 2.94. The maximum absolute atomic E-state index is 12.8. The largest absolute Gasteiger partial charge is 0.416 e. The van der Waals surface area contributed by atoms with Crippen molar-refractivity contribution in [2.75, 3.05) is 0 Å². The lowest BCUT2D eigenvalue weighted by Gasteiger charge is -2.20. The van der Waals surface area contributed by atoms with Gasteiger partial charge in [0.05, 0.1) is 11.1 Å². The Bertz CT molecular complexity index is 887. The number of nitrogens with zero attached hydrogens (tertiary/aromatic N) is 1. The summed E-state index contributed by atoms with van der Waals surface area (Å²) in [5, 5.41) is 0.782. The van der Waals surface area contributed by atoms with Gasteiger partial charge in [-0.1, -0.05) is 36.0 Å². The van der Waals surface area contributed by atoms with Gasteiger partial charge in [-0.05, 0) is 29.3 Å². The van der Waals surface area contributed by atoms with E-state index in [4.69, 9.17) is 0 Å². The maximum Gasteiger partial charge on any atom is 0.416 e. The number of rotatable bonds is 0. The molecule has 1 nitrogen and oxygen atoms in total. The van der Waals surface area contributed by atoms with E-state index in [0.29, 0.717) is 5.52 Å². The first-order valence-corrected chi connectivity index (χ1v) is 7.58. The molecule has 110 valence electrons. The van der Waals surface area contributed by atoms with Gasteiger partial charge in [0.2, 0.25) is 0 Å². The predicted molar refractivity (Wildman–Crippen MR) is 80.1 cm³/mol. The molecule has 3 aromatic rings. The van der Waals surface area contributed by atoms with Gasteiger partial charge in [0, 0.05) is 27.8 Å². The van der Waals surface area contributed by atoms with Crippen LogP contribution in [0.15, 0.2) is 58.5 Å². The second kappa shape index (κ2) is 4.74. The zero-order valence-electron chi connectivity index (χ0n) is 11.3. The summed E-state index contributed by atoms with van der Waals surface area (Å²) in [5.74, 6) is 0. The fourth-order valence-corrected chi connectivity index (χ4v) is 3.87. The molecule has 0 amide bonds. The Labute approximate surface area is 129 Å². The van der Waals surface area contributed by atoms with E-state index in [2.05, 4.69) is 11.1 Å². The van der Waals surface area contributed by atoms with Crippen molar-refractivity contribution in [1.82, 2.24) is 4.98 Å². The summed E-state index contributed by atoms with van der Waals surface area (Å²) < 4.78 is 38.5. The Balaban J connectivity index is 1.88. The molecule has 2 aromatic carbocycles. The van der Waals surface area contributed by atoms with Gasteiger partial charge in [0.15, 0.2) is 0 Å². The Morgan fingerprint density at radius 1 is 1.00 bits per heavy atom. The number of halogens is 3. The highest BCUT2D eigenvalue weighted by molar-refractivity contribution is 7.99. The van der Waals surface area contributed by atoms with Crippen LogP contribution in [0.2, 0.25) is 0 Å². The molecule has 1 aromatic heterocycles. The third kappa shape index (κ3) is 2.16. The number of hydrogen-bond donors (Lipinski definition) is 0. The molecule has 0 fully saturated rings. The van der Waals surface area contributed by atoms with Crippen molar-refractivity contribution in [3.63, 3.8) is 0 Å². The quantitative estimate of drug-likeness (QED) is 0.436. The first-order valence-electron chi connectivity index (χ1n) is 6.77. The van der Waals surface area contributed by atoms with E-state index in [9.17, 15) is 13.2 Å². The van der Waals surface area contributed by atoms with Crippen LogP contribution in [0.25, 0.3) is 10.9 Å². The first kappa shape index (κ1) is 13.6. The maximum atomic E-state index is 12.8. The Hall–Kier alpha value is -2.01. The Morgan fingerprint density at radius 2 is 1.82 bits per heavy atom. The summed E-state index contributed by atoms with van der Waals surface area (Å²) in [4.78, 5) is 6.39. The summed E-state index contributed by atoms with van der Waals surface area (Å²) >= 11 is 1.60. The average Bonchev–Trinajstić information content (AvgIpc) is 2.51. The number of fused-ring (bicyclic) bond motifs is 4. The molecule has 0 unspecified atom stereocenters. The Morgan fingerprint density at radius 3 is 2.64 bits per heavy atom. The SMILES string of the molecule is FC(F)(F)c1ccc2c3c(cnc2c1)Cc1ccccc1S3. The van der Waals surface area contributed by atoms with Crippen molar-refractivity contribution in [1.29, 1.82) is 0 Å². The highest BCUT2D eigenvalue weighted by atomic mass is 32.2. The second-order valence-corrected chi connectivity index (χ2v) is 6.28. The molecule has 22 heavy (non-hydrogen) atoms. The summed E-state index contributed by atoms with van der Waals surface area (Å²) in [6.07, 6.45) is -1.88. The van der Waals surface area contributed by atoms with E-state index in [0.717, 1.165) is 39.3 Å². The standard InChI is InChI=1S/C17H10F3NS/c18-17(19,20)12-5-6-13-14(8-12)21-9-11-7-10-3-1-2-4-15(10)22-16(11)13/h1-6,8-9H,7H2. The van der Waals surface area contributed by atoms with Crippen molar-refractivity contribution in [3.8, 4) is 0 Å². The van der Waals surface area contributed by atoms with E-state index in [-0.39, 0.29) is 0 Å². The van der Waals surface area contributed by atoms with Crippen LogP contribution >= 0.6 is 11.8 Å². The fourth-order valence-electron chi connectivity index (χ4n) is 2.70. The van der Waals surface area contributed by atoms with Gasteiger partial charge in [-0.2, -0.15) is 13.2 Å². The molecule has 4 rings (SSSR count). The highest BCUT2D eigenvalue weighted by Crippen LogP contribution is 2.43. The third-order valence-corrected chi connectivity index (χ3v) is 5.09. The van der Waals surface area contributed by atoms with E-state index in [1.165, 1.54) is 11.6 Å². The number of hydrogen-bond acceptors (Lipinski definition) is 2. The number of benzene rings is 2. The van der Waals surface area contributed by atoms with Crippen molar-refractivity contribution in [2.45, 2.75) is 22.4 Å². The zero-order chi connectivity index (χ0) is 15.3.